The Morgan fingerprint density at radius 2 is 1.81 bits per heavy atom. The number of piperidine rings is 1. The standard InChI is InChI=1S/C24H25N3O5/c1-2-32-24(31)16-10-12-17(13-11-16)25-21(28)15-27-19-8-4-3-7-18(19)22(29)26-14-6-5-9-20(26)23(27)30/h3-4,7-8,10-13,20H,2,5-6,9,14-15H2,1H3,(H,25,28)/t20-/m1/s1. The predicted molar refractivity (Wildman–Crippen MR) is 118 cm³/mol. The maximum absolute atomic E-state index is 13.4. The van der Waals surface area contributed by atoms with Crippen molar-refractivity contribution in [3.63, 3.8) is 0 Å². The number of nitrogens with one attached hydrogen (secondary N) is 1. The van der Waals surface area contributed by atoms with Crippen LogP contribution in [0.3, 0.4) is 0 Å². The lowest BCUT2D eigenvalue weighted by atomic mass is 10.0. The van der Waals surface area contributed by atoms with E-state index in [0.717, 1.165) is 12.8 Å². The quantitative estimate of drug-likeness (QED) is 0.729. The Bertz CT molecular complexity index is 1050. The van der Waals surface area contributed by atoms with E-state index < -0.39 is 17.9 Å². The van der Waals surface area contributed by atoms with Crippen molar-refractivity contribution < 1.29 is 23.9 Å². The highest BCUT2D eigenvalue weighted by Gasteiger charge is 2.40. The molecule has 0 bridgehead atoms. The number of fused-ring (bicyclic) bond motifs is 2. The minimum atomic E-state index is -0.555. The summed E-state index contributed by atoms with van der Waals surface area (Å²) in [5, 5.41) is 2.76. The lowest BCUT2D eigenvalue weighted by molar-refractivity contribution is -0.125. The summed E-state index contributed by atoms with van der Waals surface area (Å²) in [6, 6.07) is 12.7. The van der Waals surface area contributed by atoms with E-state index in [4.69, 9.17) is 4.74 Å². The van der Waals surface area contributed by atoms with E-state index in [9.17, 15) is 19.2 Å². The predicted octanol–water partition coefficient (Wildman–Crippen LogP) is 2.84. The van der Waals surface area contributed by atoms with Crippen molar-refractivity contribution in [2.45, 2.75) is 32.2 Å². The summed E-state index contributed by atoms with van der Waals surface area (Å²) in [5.41, 5.74) is 1.76. The van der Waals surface area contributed by atoms with Crippen LogP contribution >= 0.6 is 0 Å². The van der Waals surface area contributed by atoms with Gasteiger partial charge in [0, 0.05) is 12.2 Å². The highest BCUT2D eigenvalue weighted by Crippen LogP contribution is 2.31. The summed E-state index contributed by atoms with van der Waals surface area (Å²) < 4.78 is 4.96. The Hall–Kier alpha value is -3.68. The van der Waals surface area contributed by atoms with Crippen LogP contribution in [0.4, 0.5) is 11.4 Å². The van der Waals surface area contributed by atoms with Gasteiger partial charge in [-0.05, 0) is 62.6 Å². The van der Waals surface area contributed by atoms with E-state index in [0.29, 0.717) is 35.5 Å². The monoisotopic (exact) mass is 435 g/mol. The molecule has 2 aliphatic rings. The Balaban J connectivity index is 1.54. The van der Waals surface area contributed by atoms with Crippen molar-refractivity contribution in [1.29, 1.82) is 0 Å². The molecule has 0 radical (unpaired) electrons. The Morgan fingerprint density at radius 3 is 2.56 bits per heavy atom. The van der Waals surface area contributed by atoms with Crippen molar-refractivity contribution in [2.24, 2.45) is 0 Å². The second-order valence-corrected chi connectivity index (χ2v) is 7.80. The molecular weight excluding hydrogens is 410 g/mol. The van der Waals surface area contributed by atoms with Crippen LogP contribution < -0.4 is 10.2 Å². The van der Waals surface area contributed by atoms with Gasteiger partial charge in [0.2, 0.25) is 11.8 Å². The van der Waals surface area contributed by atoms with Gasteiger partial charge in [-0.25, -0.2) is 4.79 Å². The topological polar surface area (TPSA) is 96.0 Å². The average Bonchev–Trinajstić information content (AvgIpc) is 2.90. The summed E-state index contributed by atoms with van der Waals surface area (Å²) in [7, 11) is 0. The summed E-state index contributed by atoms with van der Waals surface area (Å²) in [6.07, 6.45) is 2.31. The number of ether oxygens (including phenoxy) is 1. The van der Waals surface area contributed by atoms with Gasteiger partial charge in [0.1, 0.15) is 12.6 Å². The molecule has 8 heteroatoms. The van der Waals surface area contributed by atoms with E-state index in [1.54, 1.807) is 60.4 Å². The van der Waals surface area contributed by atoms with Gasteiger partial charge in [-0.1, -0.05) is 12.1 Å². The molecule has 2 aromatic rings. The van der Waals surface area contributed by atoms with Gasteiger partial charge in [-0.2, -0.15) is 0 Å². The van der Waals surface area contributed by atoms with Crippen LogP contribution in [0.25, 0.3) is 0 Å². The molecule has 2 aliphatic heterocycles. The molecule has 0 aliphatic carbocycles. The lowest BCUT2D eigenvalue weighted by Crippen LogP contribution is -2.52. The summed E-state index contributed by atoms with van der Waals surface area (Å²) in [6.45, 7) is 2.34. The van der Waals surface area contributed by atoms with Crippen molar-refractivity contribution in [1.82, 2.24) is 4.90 Å². The molecule has 3 amide bonds. The maximum atomic E-state index is 13.4. The zero-order chi connectivity index (χ0) is 22.7. The fourth-order valence-corrected chi connectivity index (χ4v) is 4.19. The molecule has 1 fully saturated rings. The van der Waals surface area contributed by atoms with E-state index in [2.05, 4.69) is 5.32 Å². The third-order valence-corrected chi connectivity index (χ3v) is 5.72. The number of carbonyl (C=O) groups is 4. The maximum Gasteiger partial charge on any atom is 0.338 e. The normalized spacial score (nSPS) is 17.8. The van der Waals surface area contributed by atoms with E-state index in [-0.39, 0.29) is 25.0 Å². The Morgan fingerprint density at radius 1 is 1.06 bits per heavy atom. The molecule has 1 saturated heterocycles. The summed E-state index contributed by atoms with van der Waals surface area (Å²) >= 11 is 0. The van der Waals surface area contributed by atoms with Gasteiger partial charge >= 0.3 is 5.97 Å². The van der Waals surface area contributed by atoms with Crippen LogP contribution in [-0.4, -0.2) is 54.3 Å². The van der Waals surface area contributed by atoms with Gasteiger partial charge in [0.15, 0.2) is 0 Å². The third kappa shape index (κ3) is 4.21. The summed E-state index contributed by atoms with van der Waals surface area (Å²) in [4.78, 5) is 54.1. The Labute approximate surface area is 186 Å². The van der Waals surface area contributed by atoms with Crippen LogP contribution in [0.2, 0.25) is 0 Å². The molecule has 1 atom stereocenters. The van der Waals surface area contributed by atoms with Gasteiger partial charge in [0.05, 0.1) is 23.4 Å². The number of esters is 1. The highest BCUT2D eigenvalue weighted by atomic mass is 16.5. The first-order valence-electron chi connectivity index (χ1n) is 10.8. The second-order valence-electron chi connectivity index (χ2n) is 7.80. The van der Waals surface area contributed by atoms with E-state index in [1.807, 2.05) is 0 Å². The van der Waals surface area contributed by atoms with Crippen molar-refractivity contribution in [3.05, 3.63) is 59.7 Å². The number of hydrogen-bond acceptors (Lipinski definition) is 5. The lowest BCUT2D eigenvalue weighted by Gasteiger charge is -2.34. The number of anilines is 2. The van der Waals surface area contributed by atoms with Crippen molar-refractivity contribution in [2.75, 3.05) is 29.9 Å². The van der Waals surface area contributed by atoms with Gasteiger partial charge in [-0.3, -0.25) is 14.4 Å². The second kappa shape index (κ2) is 9.21. The van der Waals surface area contributed by atoms with Gasteiger partial charge in [-0.15, -0.1) is 0 Å². The first kappa shape index (κ1) is 21.5. The molecule has 0 unspecified atom stereocenters. The zero-order valence-corrected chi connectivity index (χ0v) is 17.9. The molecule has 0 saturated carbocycles. The van der Waals surface area contributed by atoms with Crippen LogP contribution in [0.1, 0.15) is 46.9 Å². The third-order valence-electron chi connectivity index (χ3n) is 5.72. The summed E-state index contributed by atoms with van der Waals surface area (Å²) in [5.74, 6) is -1.24. The van der Waals surface area contributed by atoms with Gasteiger partial charge in [0.25, 0.3) is 5.91 Å². The fourth-order valence-electron chi connectivity index (χ4n) is 4.19. The molecule has 8 nitrogen and oxygen atoms in total. The number of benzene rings is 2. The number of hydrogen-bond donors (Lipinski definition) is 1. The molecule has 166 valence electrons. The Kier molecular flexibility index (Phi) is 6.20. The molecule has 1 N–H and O–H groups in total. The number of rotatable bonds is 5. The zero-order valence-electron chi connectivity index (χ0n) is 17.9. The molecule has 0 aromatic heterocycles. The van der Waals surface area contributed by atoms with E-state index in [1.165, 1.54) is 4.90 Å². The van der Waals surface area contributed by atoms with E-state index >= 15 is 0 Å². The highest BCUT2D eigenvalue weighted by molar-refractivity contribution is 6.13. The molecular formula is C24H25N3O5. The van der Waals surface area contributed by atoms with Crippen LogP contribution in [0, 0.1) is 0 Å². The molecule has 0 spiro atoms. The largest absolute Gasteiger partial charge is 0.462 e. The average molecular weight is 435 g/mol. The first-order chi connectivity index (χ1) is 15.5. The molecule has 4 rings (SSSR count). The smallest absolute Gasteiger partial charge is 0.338 e. The molecule has 2 aromatic carbocycles. The first-order valence-corrected chi connectivity index (χ1v) is 10.8. The van der Waals surface area contributed by atoms with Crippen molar-refractivity contribution in [3.8, 4) is 0 Å². The van der Waals surface area contributed by atoms with Crippen LogP contribution in [0.15, 0.2) is 48.5 Å². The number of para-hydroxylation sites is 1. The van der Waals surface area contributed by atoms with Crippen LogP contribution in [0.5, 0.6) is 0 Å². The number of carbonyl (C=O) groups excluding carboxylic acids is 4. The van der Waals surface area contributed by atoms with Crippen LogP contribution in [-0.2, 0) is 14.3 Å². The fraction of sp³-hybridized carbons (Fsp3) is 0.333. The SMILES string of the molecule is CCOC(=O)c1ccc(NC(=O)CN2C(=O)[C@H]3CCCCN3C(=O)c3ccccc32)cc1. The van der Waals surface area contributed by atoms with Crippen molar-refractivity contribution >= 4 is 35.1 Å². The number of nitrogens with zero attached hydrogens (tertiary/aromatic N) is 2. The minimum Gasteiger partial charge on any atom is -0.462 e. The number of amides is 3. The molecule has 2 heterocycles. The minimum absolute atomic E-state index is 0.170. The van der Waals surface area contributed by atoms with Gasteiger partial charge < -0.3 is 19.9 Å². The molecule has 32 heavy (non-hydrogen) atoms.